The van der Waals surface area contributed by atoms with Crippen LogP contribution < -0.4 is 10.6 Å². The van der Waals surface area contributed by atoms with Gasteiger partial charge in [0, 0.05) is 29.4 Å². The molecule has 28 heavy (non-hydrogen) atoms. The molecule has 6 nitrogen and oxygen atoms in total. The minimum atomic E-state index is -0.226. The van der Waals surface area contributed by atoms with Crippen molar-refractivity contribution < 1.29 is 14.4 Å². The van der Waals surface area contributed by atoms with E-state index in [0.29, 0.717) is 24.2 Å². The third kappa shape index (κ3) is 5.09. The summed E-state index contributed by atoms with van der Waals surface area (Å²) in [6.45, 7) is 9.40. The number of ketones is 1. The molecule has 0 aliphatic rings. The summed E-state index contributed by atoms with van der Waals surface area (Å²) in [4.78, 5) is 39.4. The first-order valence-corrected chi connectivity index (χ1v) is 9.64. The Balaban J connectivity index is 2.07. The number of rotatable bonds is 8. The first-order valence-electron chi connectivity index (χ1n) is 9.64. The van der Waals surface area contributed by atoms with Gasteiger partial charge in [0.25, 0.3) is 5.91 Å². The predicted molar refractivity (Wildman–Crippen MR) is 111 cm³/mol. The van der Waals surface area contributed by atoms with Gasteiger partial charge in [0.05, 0.1) is 0 Å². The highest BCUT2D eigenvalue weighted by atomic mass is 16.2. The van der Waals surface area contributed by atoms with Crippen molar-refractivity contribution in [1.29, 1.82) is 0 Å². The van der Waals surface area contributed by atoms with Crippen molar-refractivity contribution in [2.45, 2.75) is 54.0 Å². The Kier molecular flexibility index (Phi) is 7.15. The number of aryl methyl sites for hydroxylation is 1. The lowest BCUT2D eigenvalue weighted by Gasteiger charge is -2.10. The van der Waals surface area contributed by atoms with Crippen molar-refractivity contribution in [3.05, 3.63) is 52.3 Å². The standard InChI is InChI=1S/C22H29N3O3/c1-6-7-18-19(15(5)26)14(4)24-20(18)22(28)23-12-16-8-10-17(11-9-16)25-21(27)13(2)3/h8-11,13,24H,6-7,12H2,1-5H3,(H,23,28)(H,25,27). The summed E-state index contributed by atoms with van der Waals surface area (Å²) in [5, 5.41) is 5.74. The molecule has 2 amide bonds. The average Bonchev–Trinajstić information content (AvgIpc) is 2.97. The zero-order valence-corrected chi connectivity index (χ0v) is 17.2. The Morgan fingerprint density at radius 3 is 2.29 bits per heavy atom. The van der Waals surface area contributed by atoms with E-state index in [9.17, 15) is 14.4 Å². The molecule has 0 bridgehead atoms. The quantitative estimate of drug-likeness (QED) is 0.602. The maximum atomic E-state index is 12.7. The molecule has 150 valence electrons. The zero-order valence-electron chi connectivity index (χ0n) is 17.2. The number of carbonyl (C=O) groups excluding carboxylic acids is 3. The van der Waals surface area contributed by atoms with E-state index in [1.165, 1.54) is 6.92 Å². The van der Waals surface area contributed by atoms with E-state index in [2.05, 4.69) is 15.6 Å². The van der Waals surface area contributed by atoms with Crippen LogP contribution >= 0.6 is 0 Å². The van der Waals surface area contributed by atoms with Crippen LogP contribution in [-0.2, 0) is 17.8 Å². The predicted octanol–water partition coefficient (Wildman–Crippen LogP) is 4.00. The zero-order chi connectivity index (χ0) is 20.8. The molecule has 0 radical (unpaired) electrons. The fraction of sp³-hybridized carbons (Fsp3) is 0.409. The van der Waals surface area contributed by atoms with Crippen LogP contribution in [0.5, 0.6) is 0 Å². The van der Waals surface area contributed by atoms with Gasteiger partial charge in [0.1, 0.15) is 5.69 Å². The first-order chi connectivity index (χ1) is 13.2. The minimum absolute atomic E-state index is 0.0321. The Bertz CT molecular complexity index is 864. The van der Waals surface area contributed by atoms with Crippen molar-refractivity contribution in [3.63, 3.8) is 0 Å². The summed E-state index contributed by atoms with van der Waals surface area (Å²) < 4.78 is 0. The molecular formula is C22H29N3O3. The highest BCUT2D eigenvalue weighted by Gasteiger charge is 2.22. The molecular weight excluding hydrogens is 354 g/mol. The number of benzene rings is 1. The number of hydrogen-bond acceptors (Lipinski definition) is 3. The molecule has 1 heterocycles. The molecule has 0 fully saturated rings. The van der Waals surface area contributed by atoms with Crippen LogP contribution in [0, 0.1) is 12.8 Å². The summed E-state index contributed by atoms with van der Waals surface area (Å²) >= 11 is 0. The third-order valence-corrected chi connectivity index (χ3v) is 4.57. The fourth-order valence-corrected chi connectivity index (χ4v) is 3.11. The Hall–Kier alpha value is -2.89. The highest BCUT2D eigenvalue weighted by molar-refractivity contribution is 6.02. The molecule has 0 saturated carbocycles. The monoisotopic (exact) mass is 383 g/mol. The van der Waals surface area contributed by atoms with Crippen LogP contribution in [0.15, 0.2) is 24.3 Å². The van der Waals surface area contributed by atoms with Crippen LogP contribution in [0.4, 0.5) is 5.69 Å². The maximum absolute atomic E-state index is 12.7. The van der Waals surface area contributed by atoms with Gasteiger partial charge in [0.2, 0.25) is 5.91 Å². The lowest BCUT2D eigenvalue weighted by atomic mass is 10.0. The topological polar surface area (TPSA) is 91.1 Å². The Morgan fingerprint density at radius 1 is 1.11 bits per heavy atom. The van der Waals surface area contributed by atoms with Gasteiger partial charge in [-0.3, -0.25) is 14.4 Å². The normalized spacial score (nSPS) is 10.8. The number of aromatic amines is 1. The number of Topliss-reactive ketones (excluding diaryl/α,β-unsaturated/α-hetero) is 1. The molecule has 0 aliphatic heterocycles. The van der Waals surface area contributed by atoms with Crippen LogP contribution in [0.2, 0.25) is 0 Å². The molecule has 2 rings (SSSR count). The van der Waals surface area contributed by atoms with Gasteiger partial charge in [-0.2, -0.15) is 0 Å². The van der Waals surface area contributed by atoms with Gasteiger partial charge >= 0.3 is 0 Å². The molecule has 0 saturated heterocycles. The summed E-state index contributed by atoms with van der Waals surface area (Å²) in [6, 6.07) is 7.36. The second-order valence-electron chi connectivity index (χ2n) is 7.31. The second kappa shape index (κ2) is 9.35. The van der Waals surface area contributed by atoms with Crippen molar-refractivity contribution in [3.8, 4) is 0 Å². The minimum Gasteiger partial charge on any atom is -0.354 e. The smallest absolute Gasteiger partial charge is 0.268 e. The molecule has 0 unspecified atom stereocenters. The van der Waals surface area contributed by atoms with Crippen LogP contribution in [0.3, 0.4) is 0 Å². The van der Waals surface area contributed by atoms with Gasteiger partial charge in [0.15, 0.2) is 5.78 Å². The van der Waals surface area contributed by atoms with Crippen molar-refractivity contribution >= 4 is 23.3 Å². The Labute approximate surface area is 166 Å². The molecule has 0 spiro atoms. The highest BCUT2D eigenvalue weighted by Crippen LogP contribution is 2.21. The van der Waals surface area contributed by atoms with Crippen molar-refractivity contribution in [1.82, 2.24) is 10.3 Å². The lowest BCUT2D eigenvalue weighted by molar-refractivity contribution is -0.118. The number of anilines is 1. The van der Waals surface area contributed by atoms with Gasteiger partial charge in [-0.1, -0.05) is 39.3 Å². The maximum Gasteiger partial charge on any atom is 0.268 e. The summed E-state index contributed by atoms with van der Waals surface area (Å²) in [6.07, 6.45) is 1.52. The van der Waals surface area contributed by atoms with Crippen molar-refractivity contribution in [2.24, 2.45) is 5.92 Å². The lowest BCUT2D eigenvalue weighted by Crippen LogP contribution is -2.24. The van der Waals surface area contributed by atoms with E-state index in [1.807, 2.05) is 52.0 Å². The number of H-pyrrole nitrogens is 1. The summed E-state index contributed by atoms with van der Waals surface area (Å²) in [5.41, 5.74) is 4.25. The van der Waals surface area contributed by atoms with Gasteiger partial charge in [-0.15, -0.1) is 0 Å². The average molecular weight is 383 g/mol. The summed E-state index contributed by atoms with van der Waals surface area (Å²) in [5.74, 6) is -0.375. The van der Waals surface area contributed by atoms with Crippen LogP contribution in [-0.4, -0.2) is 22.6 Å². The van der Waals surface area contributed by atoms with Gasteiger partial charge in [-0.05, 0) is 43.5 Å². The second-order valence-corrected chi connectivity index (χ2v) is 7.31. The molecule has 6 heteroatoms. The molecule has 0 aliphatic carbocycles. The Morgan fingerprint density at radius 2 is 1.75 bits per heavy atom. The number of aromatic nitrogens is 1. The SMILES string of the molecule is CCCc1c(C(=O)NCc2ccc(NC(=O)C(C)C)cc2)[nH]c(C)c1C(C)=O. The molecule has 2 aromatic rings. The number of hydrogen-bond donors (Lipinski definition) is 3. The van der Waals surface area contributed by atoms with E-state index in [4.69, 9.17) is 0 Å². The molecule has 1 aromatic heterocycles. The first kappa shape index (κ1) is 21.4. The van der Waals surface area contributed by atoms with E-state index >= 15 is 0 Å². The largest absolute Gasteiger partial charge is 0.354 e. The van der Waals surface area contributed by atoms with Gasteiger partial charge in [-0.25, -0.2) is 0 Å². The van der Waals surface area contributed by atoms with Crippen LogP contribution in [0.25, 0.3) is 0 Å². The molecule has 1 aromatic carbocycles. The van der Waals surface area contributed by atoms with E-state index < -0.39 is 0 Å². The van der Waals surface area contributed by atoms with E-state index in [1.54, 1.807) is 0 Å². The summed E-state index contributed by atoms with van der Waals surface area (Å²) in [7, 11) is 0. The van der Waals surface area contributed by atoms with Crippen molar-refractivity contribution in [2.75, 3.05) is 5.32 Å². The fourth-order valence-electron chi connectivity index (χ4n) is 3.11. The number of amides is 2. The van der Waals surface area contributed by atoms with E-state index in [-0.39, 0.29) is 23.5 Å². The number of carbonyl (C=O) groups is 3. The van der Waals surface area contributed by atoms with E-state index in [0.717, 1.165) is 28.9 Å². The van der Waals surface area contributed by atoms with Crippen LogP contribution in [0.1, 0.15) is 71.8 Å². The third-order valence-electron chi connectivity index (χ3n) is 4.57. The molecule has 0 atom stereocenters. The van der Waals surface area contributed by atoms with Gasteiger partial charge < -0.3 is 15.6 Å². The molecule has 3 N–H and O–H groups in total. The number of nitrogens with one attached hydrogen (secondary N) is 3.